The number of aromatic hydroxyl groups is 1. The first-order chi connectivity index (χ1) is 6.15. The molecule has 1 unspecified atom stereocenters. The van der Waals surface area contributed by atoms with Crippen molar-refractivity contribution in [3.05, 3.63) is 29.8 Å². The van der Waals surface area contributed by atoms with Crippen LogP contribution in [0.25, 0.3) is 0 Å². The van der Waals surface area contributed by atoms with E-state index in [9.17, 15) is 4.79 Å². The molecule has 0 aliphatic carbocycles. The molecule has 0 fully saturated rings. The fraction of sp³-hybridized carbons (Fsp3) is 0.222. The molecule has 1 aromatic carbocycles. The van der Waals surface area contributed by atoms with E-state index in [0.717, 1.165) is 0 Å². The molecule has 1 rings (SSSR count). The molecule has 13 heavy (non-hydrogen) atoms. The van der Waals surface area contributed by atoms with Gasteiger partial charge in [0.1, 0.15) is 5.75 Å². The lowest BCUT2D eigenvalue weighted by molar-refractivity contribution is -0.138. The van der Waals surface area contributed by atoms with Crippen molar-refractivity contribution in [2.75, 3.05) is 5.75 Å². The number of carbonyl (C=O) groups is 1. The Hall–Kier alpha value is -1.16. The van der Waals surface area contributed by atoms with Crippen LogP contribution in [0.2, 0.25) is 0 Å². The molecule has 0 amide bonds. The Labute approximate surface area is 81.4 Å². The highest BCUT2D eigenvalue weighted by molar-refractivity contribution is 7.80. The zero-order valence-corrected chi connectivity index (χ0v) is 7.74. The molecule has 0 heterocycles. The molecule has 0 saturated carbocycles. The summed E-state index contributed by atoms with van der Waals surface area (Å²) in [7, 11) is 0. The molecular weight excluding hydrogens is 188 g/mol. The summed E-state index contributed by atoms with van der Waals surface area (Å²) in [4.78, 5) is 10.7. The first kappa shape index (κ1) is 9.92. The van der Waals surface area contributed by atoms with E-state index >= 15 is 0 Å². The molecule has 0 saturated heterocycles. The van der Waals surface area contributed by atoms with Gasteiger partial charge in [-0.05, 0) is 17.7 Å². The zero-order chi connectivity index (χ0) is 9.84. The summed E-state index contributed by atoms with van der Waals surface area (Å²) in [6, 6.07) is 6.11. The van der Waals surface area contributed by atoms with Crippen molar-refractivity contribution in [3.63, 3.8) is 0 Å². The average molecular weight is 198 g/mol. The third kappa shape index (κ3) is 2.39. The molecule has 1 atom stereocenters. The lowest BCUT2D eigenvalue weighted by atomic mass is 10.0. The van der Waals surface area contributed by atoms with Gasteiger partial charge in [0.2, 0.25) is 0 Å². The van der Waals surface area contributed by atoms with Gasteiger partial charge in [-0.15, -0.1) is 0 Å². The van der Waals surface area contributed by atoms with E-state index in [-0.39, 0.29) is 11.5 Å². The van der Waals surface area contributed by atoms with Crippen molar-refractivity contribution in [2.45, 2.75) is 5.92 Å². The summed E-state index contributed by atoms with van der Waals surface area (Å²) < 4.78 is 0. The highest BCUT2D eigenvalue weighted by atomic mass is 32.1. The van der Waals surface area contributed by atoms with Crippen LogP contribution >= 0.6 is 12.6 Å². The van der Waals surface area contributed by atoms with Crippen LogP contribution in [0.1, 0.15) is 11.5 Å². The van der Waals surface area contributed by atoms with Crippen molar-refractivity contribution in [3.8, 4) is 5.75 Å². The van der Waals surface area contributed by atoms with Crippen molar-refractivity contribution in [2.24, 2.45) is 0 Å². The monoisotopic (exact) mass is 198 g/mol. The van der Waals surface area contributed by atoms with Gasteiger partial charge in [0.15, 0.2) is 0 Å². The number of aliphatic carboxylic acids is 1. The molecule has 70 valence electrons. The maximum atomic E-state index is 10.7. The van der Waals surface area contributed by atoms with E-state index in [1.165, 1.54) is 12.1 Å². The second-order valence-corrected chi connectivity index (χ2v) is 3.03. The number of benzene rings is 1. The van der Waals surface area contributed by atoms with Crippen LogP contribution in [-0.4, -0.2) is 21.9 Å². The molecule has 0 spiro atoms. The van der Waals surface area contributed by atoms with Gasteiger partial charge in [-0.3, -0.25) is 4.79 Å². The van der Waals surface area contributed by atoms with E-state index in [0.29, 0.717) is 5.56 Å². The van der Waals surface area contributed by atoms with Crippen LogP contribution in [0.15, 0.2) is 24.3 Å². The SMILES string of the molecule is O=C(O)C(CS)c1ccc(O)cc1. The van der Waals surface area contributed by atoms with Gasteiger partial charge in [-0.2, -0.15) is 12.6 Å². The van der Waals surface area contributed by atoms with Crippen LogP contribution in [0.5, 0.6) is 5.75 Å². The first-order valence-corrected chi connectivity index (χ1v) is 4.41. The Bertz CT molecular complexity index is 294. The highest BCUT2D eigenvalue weighted by Crippen LogP contribution is 2.20. The minimum atomic E-state index is -0.902. The van der Waals surface area contributed by atoms with Crippen LogP contribution in [-0.2, 0) is 4.79 Å². The molecule has 1 aromatic rings. The van der Waals surface area contributed by atoms with Crippen LogP contribution in [0, 0.1) is 0 Å². The summed E-state index contributed by atoms with van der Waals surface area (Å²) in [5.74, 6) is -1.13. The fourth-order valence-electron chi connectivity index (χ4n) is 1.03. The predicted molar refractivity (Wildman–Crippen MR) is 52.3 cm³/mol. The molecule has 0 aliphatic rings. The van der Waals surface area contributed by atoms with E-state index in [2.05, 4.69) is 12.6 Å². The molecule has 4 heteroatoms. The number of hydrogen-bond acceptors (Lipinski definition) is 3. The second kappa shape index (κ2) is 4.18. The van der Waals surface area contributed by atoms with Gasteiger partial charge in [0, 0.05) is 5.75 Å². The average Bonchev–Trinajstić information content (AvgIpc) is 2.09. The second-order valence-electron chi connectivity index (χ2n) is 2.66. The zero-order valence-electron chi connectivity index (χ0n) is 6.84. The molecule has 0 aromatic heterocycles. The Balaban J connectivity index is 2.92. The van der Waals surface area contributed by atoms with Crippen LogP contribution < -0.4 is 0 Å². The Morgan fingerprint density at radius 1 is 1.38 bits per heavy atom. The van der Waals surface area contributed by atoms with E-state index < -0.39 is 11.9 Å². The van der Waals surface area contributed by atoms with E-state index in [1.54, 1.807) is 12.1 Å². The number of hydrogen-bond donors (Lipinski definition) is 3. The Morgan fingerprint density at radius 2 is 1.92 bits per heavy atom. The number of phenolic OH excluding ortho intramolecular Hbond substituents is 1. The quantitative estimate of drug-likeness (QED) is 0.645. The number of thiol groups is 1. The predicted octanol–water partition coefficient (Wildman–Crippen LogP) is 1.49. The molecule has 0 bridgehead atoms. The molecule has 0 aliphatic heterocycles. The van der Waals surface area contributed by atoms with Gasteiger partial charge in [-0.25, -0.2) is 0 Å². The summed E-state index contributed by atoms with van der Waals surface area (Å²) in [5, 5.41) is 17.8. The van der Waals surface area contributed by atoms with Crippen molar-refractivity contribution >= 4 is 18.6 Å². The molecule has 2 N–H and O–H groups in total. The lowest BCUT2D eigenvalue weighted by Gasteiger charge is -2.08. The smallest absolute Gasteiger partial charge is 0.311 e. The summed E-state index contributed by atoms with van der Waals surface area (Å²) in [6.45, 7) is 0. The molecule has 0 radical (unpaired) electrons. The standard InChI is InChI=1S/C9H10O3S/c10-7-3-1-6(2-4-7)8(5-13)9(11)12/h1-4,8,10,13H,5H2,(H,11,12). The minimum Gasteiger partial charge on any atom is -0.508 e. The highest BCUT2D eigenvalue weighted by Gasteiger charge is 2.17. The number of phenols is 1. The Morgan fingerprint density at radius 3 is 2.31 bits per heavy atom. The topological polar surface area (TPSA) is 57.5 Å². The maximum Gasteiger partial charge on any atom is 0.311 e. The lowest BCUT2D eigenvalue weighted by Crippen LogP contribution is -2.12. The molecule has 3 nitrogen and oxygen atoms in total. The van der Waals surface area contributed by atoms with Gasteiger partial charge in [0.25, 0.3) is 0 Å². The van der Waals surface area contributed by atoms with Gasteiger partial charge in [0.05, 0.1) is 5.92 Å². The number of rotatable bonds is 3. The third-order valence-corrected chi connectivity index (χ3v) is 2.14. The van der Waals surface area contributed by atoms with Crippen molar-refractivity contribution in [1.29, 1.82) is 0 Å². The third-order valence-electron chi connectivity index (χ3n) is 1.78. The fourth-order valence-corrected chi connectivity index (χ4v) is 1.40. The molecular formula is C9H10O3S. The Kier molecular flexibility index (Phi) is 3.19. The summed E-state index contributed by atoms with van der Waals surface area (Å²) in [5.41, 5.74) is 0.653. The maximum absolute atomic E-state index is 10.7. The van der Waals surface area contributed by atoms with Crippen LogP contribution in [0.3, 0.4) is 0 Å². The van der Waals surface area contributed by atoms with Gasteiger partial charge in [-0.1, -0.05) is 12.1 Å². The van der Waals surface area contributed by atoms with Crippen molar-refractivity contribution < 1.29 is 15.0 Å². The number of carboxylic acids is 1. The van der Waals surface area contributed by atoms with E-state index in [4.69, 9.17) is 10.2 Å². The van der Waals surface area contributed by atoms with Crippen LogP contribution in [0.4, 0.5) is 0 Å². The number of carboxylic acid groups (broad SMARTS) is 1. The minimum absolute atomic E-state index is 0.132. The largest absolute Gasteiger partial charge is 0.508 e. The first-order valence-electron chi connectivity index (χ1n) is 3.77. The normalized spacial score (nSPS) is 12.4. The van der Waals surface area contributed by atoms with Gasteiger partial charge < -0.3 is 10.2 Å². The summed E-state index contributed by atoms with van der Waals surface area (Å²) >= 11 is 3.95. The van der Waals surface area contributed by atoms with Gasteiger partial charge >= 0.3 is 5.97 Å². The summed E-state index contributed by atoms with van der Waals surface area (Å²) in [6.07, 6.45) is 0. The van der Waals surface area contributed by atoms with E-state index in [1.807, 2.05) is 0 Å². The van der Waals surface area contributed by atoms with Crippen molar-refractivity contribution in [1.82, 2.24) is 0 Å².